The molecule has 0 radical (unpaired) electrons. The maximum Gasteiger partial charge on any atom is 0.271 e. The largest absolute Gasteiger partial charge is 0.437 e. The van der Waals surface area contributed by atoms with E-state index in [4.69, 9.17) is 9.40 Å². The summed E-state index contributed by atoms with van der Waals surface area (Å²) >= 11 is 0. The highest BCUT2D eigenvalue weighted by atomic mass is 16.6. The Bertz CT molecular complexity index is 3340. The number of furan rings is 1. The molecule has 0 unspecified atom stereocenters. The van der Waals surface area contributed by atoms with Crippen LogP contribution in [0.5, 0.6) is 0 Å². The van der Waals surface area contributed by atoms with E-state index in [0.29, 0.717) is 22.8 Å². The maximum absolute atomic E-state index is 12.1. The van der Waals surface area contributed by atoms with Gasteiger partial charge in [-0.1, -0.05) is 115 Å². The first-order valence-corrected chi connectivity index (χ1v) is 19.0. The van der Waals surface area contributed by atoms with Gasteiger partial charge in [-0.3, -0.25) is 10.1 Å². The molecule has 8 aromatic carbocycles. The van der Waals surface area contributed by atoms with E-state index in [1.165, 1.54) is 16.8 Å². The molecular weight excluding hydrogens is 719 g/mol. The normalized spacial score (nSPS) is 11.6. The first-order valence-electron chi connectivity index (χ1n) is 19.0. The Hall–Kier alpha value is -8.10. The quantitative estimate of drug-likeness (QED) is 0.119. The summed E-state index contributed by atoms with van der Waals surface area (Å²) < 4.78 is 8.72. The zero-order valence-corrected chi connectivity index (χ0v) is 30.9. The second-order valence-electron chi connectivity index (χ2n) is 14.3. The van der Waals surface area contributed by atoms with E-state index >= 15 is 0 Å². The number of aromatic nitrogens is 3. The number of nitro groups is 1. The van der Waals surface area contributed by atoms with Crippen molar-refractivity contribution in [1.82, 2.24) is 14.5 Å². The molecule has 0 N–H and O–H groups in total. The SMILES string of the molecule is O=[N+]([O-])c1cccc(N(c2ccc3c(c2)oc2nc(-c4ccccc4)ncc23)c2ccc(-c3ccc(-n4c5ccccc5c5ccccc54)cc3)c3ccccc23)c1. The summed E-state index contributed by atoms with van der Waals surface area (Å²) in [6, 6.07) is 60.8. The van der Waals surface area contributed by atoms with E-state index in [0.717, 1.165) is 66.3 Å². The highest BCUT2D eigenvalue weighted by Crippen LogP contribution is 2.44. The molecule has 0 aliphatic carbocycles. The van der Waals surface area contributed by atoms with Crippen LogP contribution >= 0.6 is 0 Å². The highest BCUT2D eigenvalue weighted by molar-refractivity contribution is 6.10. The Balaban J connectivity index is 1.04. The molecule has 58 heavy (non-hydrogen) atoms. The van der Waals surface area contributed by atoms with E-state index in [2.05, 4.69) is 112 Å². The molecule has 0 saturated carbocycles. The van der Waals surface area contributed by atoms with Crippen molar-refractivity contribution in [3.05, 3.63) is 198 Å². The van der Waals surface area contributed by atoms with Crippen LogP contribution in [0.25, 0.3) is 82.8 Å². The number of anilines is 3. The van der Waals surface area contributed by atoms with Crippen LogP contribution in [0.15, 0.2) is 193 Å². The zero-order valence-electron chi connectivity index (χ0n) is 30.9. The molecule has 0 amide bonds. The lowest BCUT2D eigenvalue weighted by Gasteiger charge is -2.27. The van der Waals surface area contributed by atoms with Gasteiger partial charge in [-0.15, -0.1) is 0 Å². The van der Waals surface area contributed by atoms with Crippen LogP contribution in [0.3, 0.4) is 0 Å². The third-order valence-corrected chi connectivity index (χ3v) is 11.0. The Kier molecular flexibility index (Phi) is 7.62. The number of nitrogens with zero attached hydrogens (tertiary/aromatic N) is 5. The summed E-state index contributed by atoms with van der Waals surface area (Å²) in [7, 11) is 0. The molecule has 11 rings (SSSR count). The van der Waals surface area contributed by atoms with E-state index in [1.807, 2.05) is 66.7 Å². The average molecular weight is 750 g/mol. The second-order valence-corrected chi connectivity index (χ2v) is 14.3. The van der Waals surface area contributed by atoms with Crippen LogP contribution < -0.4 is 4.90 Å². The predicted molar refractivity (Wildman–Crippen MR) is 233 cm³/mol. The number of fused-ring (bicyclic) bond motifs is 7. The minimum absolute atomic E-state index is 0.000274. The zero-order chi connectivity index (χ0) is 38.7. The fraction of sp³-hybridized carbons (Fsp3) is 0. The van der Waals surface area contributed by atoms with Gasteiger partial charge in [0.15, 0.2) is 5.82 Å². The molecule has 0 atom stereocenters. The third-order valence-electron chi connectivity index (χ3n) is 11.0. The van der Waals surface area contributed by atoms with Crippen LogP contribution in [0.4, 0.5) is 22.7 Å². The van der Waals surface area contributed by atoms with Crippen LogP contribution in [-0.4, -0.2) is 19.5 Å². The fourth-order valence-electron chi connectivity index (χ4n) is 8.31. The van der Waals surface area contributed by atoms with E-state index in [-0.39, 0.29) is 10.6 Å². The van der Waals surface area contributed by atoms with Gasteiger partial charge < -0.3 is 13.9 Å². The Morgan fingerprint density at radius 1 is 0.552 bits per heavy atom. The molecular formula is C50H31N5O3. The molecule has 0 aliphatic heterocycles. The van der Waals surface area contributed by atoms with Gasteiger partial charge in [-0.2, -0.15) is 4.98 Å². The molecule has 0 fully saturated rings. The second kappa shape index (κ2) is 13.3. The number of para-hydroxylation sites is 2. The molecule has 3 aromatic heterocycles. The third kappa shape index (κ3) is 5.38. The van der Waals surface area contributed by atoms with Crippen LogP contribution in [0, 0.1) is 10.1 Å². The first-order chi connectivity index (χ1) is 28.6. The fourth-order valence-corrected chi connectivity index (χ4v) is 8.31. The molecule has 8 nitrogen and oxygen atoms in total. The summed E-state index contributed by atoms with van der Waals surface area (Å²) in [5.41, 5.74) is 9.87. The van der Waals surface area contributed by atoms with Crippen molar-refractivity contribution in [2.75, 3.05) is 4.90 Å². The average Bonchev–Trinajstić information content (AvgIpc) is 3.82. The monoisotopic (exact) mass is 749 g/mol. The summed E-state index contributed by atoms with van der Waals surface area (Å²) in [5, 5.41) is 18.2. The molecule has 274 valence electrons. The summed E-state index contributed by atoms with van der Waals surface area (Å²) in [6.45, 7) is 0. The molecule has 11 aromatic rings. The lowest BCUT2D eigenvalue weighted by molar-refractivity contribution is -0.384. The smallest absolute Gasteiger partial charge is 0.271 e. The standard InChI is InChI=1S/C50H31N5O3/c56-55(57)37-14-10-13-35(29-37)53(36-25-26-43-44-31-51-49(33-11-2-1-3-12-33)52-50(44)58-48(43)30-36)47-28-27-38(39-15-4-5-16-40(39)47)32-21-23-34(24-22-32)54-45-19-8-6-17-41(45)42-18-7-9-20-46(42)54/h1-31H. The van der Waals surface area contributed by atoms with E-state index in [1.54, 1.807) is 18.3 Å². The first kappa shape index (κ1) is 33.3. The van der Waals surface area contributed by atoms with Crippen molar-refractivity contribution in [3.8, 4) is 28.2 Å². The Morgan fingerprint density at radius 3 is 1.97 bits per heavy atom. The maximum atomic E-state index is 12.1. The summed E-state index contributed by atoms with van der Waals surface area (Å²) in [6.07, 6.45) is 1.80. The van der Waals surface area contributed by atoms with Crippen molar-refractivity contribution < 1.29 is 9.34 Å². The predicted octanol–water partition coefficient (Wildman–Crippen LogP) is 13.3. The van der Waals surface area contributed by atoms with Crippen LogP contribution in [-0.2, 0) is 0 Å². The highest BCUT2D eigenvalue weighted by Gasteiger charge is 2.22. The number of hydrogen-bond donors (Lipinski definition) is 0. The number of hydrogen-bond acceptors (Lipinski definition) is 6. The molecule has 8 heteroatoms. The van der Waals surface area contributed by atoms with Gasteiger partial charge in [-0.05, 0) is 65.0 Å². The molecule has 0 aliphatic rings. The van der Waals surface area contributed by atoms with Crippen molar-refractivity contribution in [3.63, 3.8) is 0 Å². The van der Waals surface area contributed by atoms with E-state index in [9.17, 15) is 10.1 Å². The van der Waals surface area contributed by atoms with Gasteiger partial charge in [0, 0.05) is 62.9 Å². The van der Waals surface area contributed by atoms with Gasteiger partial charge in [-0.25, -0.2) is 4.98 Å². The van der Waals surface area contributed by atoms with Crippen molar-refractivity contribution >= 4 is 77.4 Å². The van der Waals surface area contributed by atoms with Gasteiger partial charge in [0.25, 0.3) is 5.69 Å². The summed E-state index contributed by atoms with van der Waals surface area (Å²) in [5.74, 6) is 0.582. The molecule has 0 spiro atoms. The minimum atomic E-state index is -0.364. The number of nitro benzene ring substituents is 1. The van der Waals surface area contributed by atoms with Gasteiger partial charge in [0.05, 0.1) is 32.7 Å². The van der Waals surface area contributed by atoms with Gasteiger partial charge >= 0.3 is 0 Å². The summed E-state index contributed by atoms with van der Waals surface area (Å²) in [4.78, 5) is 23.1. The van der Waals surface area contributed by atoms with Crippen LogP contribution in [0.1, 0.15) is 0 Å². The van der Waals surface area contributed by atoms with E-state index < -0.39 is 0 Å². The lowest BCUT2D eigenvalue weighted by Crippen LogP contribution is -2.11. The molecule has 3 heterocycles. The lowest BCUT2D eigenvalue weighted by atomic mass is 9.96. The van der Waals surface area contributed by atoms with Crippen molar-refractivity contribution in [2.24, 2.45) is 0 Å². The van der Waals surface area contributed by atoms with Crippen molar-refractivity contribution in [1.29, 1.82) is 0 Å². The Morgan fingerprint density at radius 2 is 1.22 bits per heavy atom. The molecule has 0 bridgehead atoms. The van der Waals surface area contributed by atoms with Crippen molar-refractivity contribution in [2.45, 2.75) is 0 Å². The topological polar surface area (TPSA) is 90.2 Å². The number of rotatable bonds is 7. The Labute approximate surface area is 331 Å². The minimum Gasteiger partial charge on any atom is -0.437 e. The van der Waals surface area contributed by atoms with Crippen LogP contribution in [0.2, 0.25) is 0 Å². The number of non-ortho nitro benzene ring substituents is 1. The molecule has 0 saturated heterocycles. The van der Waals surface area contributed by atoms with Gasteiger partial charge in [0.2, 0.25) is 5.71 Å². The van der Waals surface area contributed by atoms with Gasteiger partial charge in [0.1, 0.15) is 5.58 Å². The number of benzene rings is 8.